The Morgan fingerprint density at radius 1 is 0.250 bits per heavy atom. The Morgan fingerprint density at radius 2 is 0.333 bits per heavy atom. The van der Waals surface area contributed by atoms with Crippen molar-refractivity contribution in [1.29, 1.82) is 0 Å². The van der Waals surface area contributed by atoms with Crippen LogP contribution in [0, 0.1) is 0 Å². The predicted molar refractivity (Wildman–Crippen MR) is 56.2 cm³/mol. The van der Waals surface area contributed by atoms with Crippen molar-refractivity contribution < 1.29 is 0 Å². The van der Waals surface area contributed by atoms with Gasteiger partial charge in [0.15, 0.2) is 0 Å². The van der Waals surface area contributed by atoms with Crippen LogP contribution in [0.3, 0.4) is 0 Å². The molecule has 0 aromatic carbocycles. The third-order valence-corrected chi connectivity index (χ3v) is 2.50. The van der Waals surface area contributed by atoms with Crippen LogP contribution in [0.2, 0.25) is 0 Å². The van der Waals surface area contributed by atoms with E-state index in [0.29, 0.717) is 0 Å². The zero-order chi connectivity index (χ0) is 7.07. The zero-order valence-corrected chi connectivity index (χ0v) is 8.49. The summed E-state index contributed by atoms with van der Waals surface area (Å²) in [6.07, 6.45) is 15.0. The van der Waals surface area contributed by atoms with E-state index in [9.17, 15) is 0 Å². The minimum Gasteiger partial charge on any atom is -0.344 e. The molecular weight excluding hydrogens is 148 g/mol. The van der Waals surface area contributed by atoms with E-state index in [1.165, 1.54) is 64.2 Å². The van der Waals surface area contributed by atoms with Crippen molar-refractivity contribution in [2.75, 3.05) is 0 Å². The van der Waals surface area contributed by atoms with Gasteiger partial charge in [0.1, 0.15) is 0 Å². The van der Waals surface area contributed by atoms with Crippen molar-refractivity contribution in [3.63, 3.8) is 0 Å². The minimum absolute atomic E-state index is 0. The molecule has 0 radical (unpaired) electrons. The summed E-state index contributed by atoms with van der Waals surface area (Å²) in [7, 11) is 0. The predicted octanol–water partition coefficient (Wildman–Crippen LogP) is 4.23. The lowest BCUT2D eigenvalue weighted by atomic mass is 10.0. The molecule has 0 amide bonds. The van der Waals surface area contributed by atoms with Crippen LogP contribution in [0.15, 0.2) is 0 Å². The molecule has 2 saturated carbocycles. The molecule has 12 heavy (non-hydrogen) atoms. The SMILES string of the molecule is C1CCC1.C1CCCCC1.N.N. The van der Waals surface area contributed by atoms with Gasteiger partial charge in [0, 0.05) is 0 Å². The molecule has 0 atom stereocenters. The van der Waals surface area contributed by atoms with E-state index in [2.05, 4.69) is 0 Å². The van der Waals surface area contributed by atoms with E-state index in [0.717, 1.165) is 0 Å². The first kappa shape index (κ1) is 14.4. The normalized spacial score (nSPS) is 20.0. The molecule has 2 rings (SSSR count). The lowest BCUT2D eigenvalue weighted by Crippen LogP contribution is -1.85. The molecule has 2 heteroatoms. The second-order valence-corrected chi connectivity index (χ2v) is 3.54. The van der Waals surface area contributed by atoms with Gasteiger partial charge in [0.2, 0.25) is 0 Å². The molecule has 0 saturated heterocycles. The van der Waals surface area contributed by atoms with Gasteiger partial charge in [0.05, 0.1) is 0 Å². The Hall–Kier alpha value is -0.0800. The van der Waals surface area contributed by atoms with Gasteiger partial charge < -0.3 is 12.3 Å². The number of hydrogen-bond donors (Lipinski definition) is 2. The van der Waals surface area contributed by atoms with Crippen LogP contribution in [0.4, 0.5) is 0 Å². The molecule has 2 fully saturated rings. The smallest absolute Gasteiger partial charge is 0.0533 e. The summed E-state index contributed by atoms with van der Waals surface area (Å²) in [5, 5.41) is 0. The summed E-state index contributed by atoms with van der Waals surface area (Å²) < 4.78 is 0. The fourth-order valence-electron chi connectivity index (χ4n) is 1.31. The summed E-state index contributed by atoms with van der Waals surface area (Å²) in [4.78, 5) is 0. The monoisotopic (exact) mass is 174 g/mol. The Morgan fingerprint density at radius 3 is 0.417 bits per heavy atom. The number of rotatable bonds is 0. The molecule has 76 valence electrons. The fraction of sp³-hybridized carbons (Fsp3) is 1.00. The molecule has 2 aliphatic rings. The average Bonchev–Trinajstić information content (AvgIpc) is 1.88. The van der Waals surface area contributed by atoms with E-state index < -0.39 is 0 Å². The Bertz CT molecular complexity index is 50.7. The highest BCUT2D eigenvalue weighted by Gasteiger charge is 1.95. The van der Waals surface area contributed by atoms with Crippen molar-refractivity contribution in [3.8, 4) is 0 Å². The van der Waals surface area contributed by atoms with Crippen molar-refractivity contribution in [1.82, 2.24) is 12.3 Å². The van der Waals surface area contributed by atoms with Crippen LogP contribution >= 0.6 is 0 Å². The molecule has 0 unspecified atom stereocenters. The molecular formula is C10H26N2. The van der Waals surface area contributed by atoms with Gasteiger partial charge in [-0.3, -0.25) is 0 Å². The molecule has 0 bridgehead atoms. The standard InChI is InChI=1S/C6H12.C4H8.2H3N/c1-2-4-6-5-3-1;1-2-4-3-1;;/h1-6H2;1-4H2;2*1H3. The number of hydrogen-bond acceptors (Lipinski definition) is 2. The van der Waals surface area contributed by atoms with E-state index in [4.69, 9.17) is 0 Å². The maximum absolute atomic E-state index is 1.50. The summed E-state index contributed by atoms with van der Waals surface area (Å²) >= 11 is 0. The van der Waals surface area contributed by atoms with Gasteiger partial charge in [-0.2, -0.15) is 0 Å². The fourth-order valence-corrected chi connectivity index (χ4v) is 1.31. The molecule has 2 nitrogen and oxygen atoms in total. The third kappa shape index (κ3) is 8.02. The Kier molecular flexibility index (Phi) is 13.1. The molecule has 0 aliphatic heterocycles. The Labute approximate surface area is 77.3 Å². The first-order chi connectivity index (χ1) is 5.00. The summed E-state index contributed by atoms with van der Waals surface area (Å²) in [6.45, 7) is 0. The zero-order valence-electron chi connectivity index (χ0n) is 8.49. The minimum atomic E-state index is 0. The second kappa shape index (κ2) is 10.9. The van der Waals surface area contributed by atoms with Gasteiger partial charge in [-0.25, -0.2) is 0 Å². The van der Waals surface area contributed by atoms with Gasteiger partial charge in [-0.1, -0.05) is 64.2 Å². The summed E-state index contributed by atoms with van der Waals surface area (Å²) in [6, 6.07) is 0. The van der Waals surface area contributed by atoms with Crippen molar-refractivity contribution in [2.24, 2.45) is 0 Å². The summed E-state index contributed by atoms with van der Waals surface area (Å²) in [5.74, 6) is 0. The van der Waals surface area contributed by atoms with Gasteiger partial charge >= 0.3 is 0 Å². The molecule has 2 aliphatic carbocycles. The largest absolute Gasteiger partial charge is 0.344 e. The lowest BCUT2D eigenvalue weighted by Gasteiger charge is -2.05. The van der Waals surface area contributed by atoms with Crippen molar-refractivity contribution >= 4 is 0 Å². The third-order valence-electron chi connectivity index (χ3n) is 2.50. The van der Waals surface area contributed by atoms with E-state index in [-0.39, 0.29) is 12.3 Å². The van der Waals surface area contributed by atoms with Crippen LogP contribution in [0.5, 0.6) is 0 Å². The van der Waals surface area contributed by atoms with Crippen LogP contribution in [-0.4, -0.2) is 0 Å². The highest BCUT2D eigenvalue weighted by atomic mass is 14.0. The van der Waals surface area contributed by atoms with Crippen LogP contribution < -0.4 is 12.3 Å². The molecule has 0 spiro atoms. The second-order valence-electron chi connectivity index (χ2n) is 3.54. The summed E-state index contributed by atoms with van der Waals surface area (Å²) in [5.41, 5.74) is 0. The first-order valence-corrected chi connectivity index (χ1v) is 5.00. The van der Waals surface area contributed by atoms with E-state index in [1.54, 1.807) is 0 Å². The maximum Gasteiger partial charge on any atom is -0.0533 e. The molecule has 6 N–H and O–H groups in total. The maximum atomic E-state index is 1.50. The molecule has 0 aromatic heterocycles. The van der Waals surface area contributed by atoms with E-state index in [1.807, 2.05) is 0 Å². The Balaban J connectivity index is 0. The van der Waals surface area contributed by atoms with Crippen LogP contribution in [-0.2, 0) is 0 Å². The highest BCUT2D eigenvalue weighted by Crippen LogP contribution is 2.15. The van der Waals surface area contributed by atoms with Gasteiger partial charge in [-0.05, 0) is 0 Å². The van der Waals surface area contributed by atoms with Crippen LogP contribution in [0.25, 0.3) is 0 Å². The van der Waals surface area contributed by atoms with Gasteiger partial charge in [0.25, 0.3) is 0 Å². The topological polar surface area (TPSA) is 70.0 Å². The molecule has 0 heterocycles. The van der Waals surface area contributed by atoms with Crippen LogP contribution in [0.1, 0.15) is 64.2 Å². The highest BCUT2D eigenvalue weighted by molar-refractivity contribution is 4.51. The van der Waals surface area contributed by atoms with Crippen molar-refractivity contribution in [2.45, 2.75) is 64.2 Å². The average molecular weight is 174 g/mol. The van der Waals surface area contributed by atoms with E-state index >= 15 is 0 Å². The van der Waals surface area contributed by atoms with Gasteiger partial charge in [-0.15, -0.1) is 0 Å². The first-order valence-electron chi connectivity index (χ1n) is 5.00. The van der Waals surface area contributed by atoms with Crippen molar-refractivity contribution in [3.05, 3.63) is 0 Å². The lowest BCUT2D eigenvalue weighted by molar-refractivity contribution is 0.504. The molecule has 0 aromatic rings. The quantitative estimate of drug-likeness (QED) is 0.577.